The number of rotatable bonds is 9. The zero-order chi connectivity index (χ0) is 18.6. The molecule has 1 unspecified atom stereocenters. The molecule has 0 bridgehead atoms. The van der Waals surface area contributed by atoms with E-state index >= 15 is 0 Å². The maximum Gasteiger partial charge on any atom is 0.110 e. The molecule has 0 spiro atoms. The molecule has 27 heavy (non-hydrogen) atoms. The normalized spacial score (nSPS) is 22.9. The second-order valence-electron chi connectivity index (χ2n) is 7.26. The zero-order valence-electron chi connectivity index (χ0n) is 16.2. The van der Waals surface area contributed by atoms with Crippen molar-refractivity contribution in [1.82, 2.24) is 19.9 Å². The molecule has 146 valence electrons. The van der Waals surface area contributed by atoms with Crippen LogP contribution in [0.25, 0.3) is 0 Å². The van der Waals surface area contributed by atoms with Crippen LogP contribution in [-0.2, 0) is 6.42 Å². The molecule has 1 aromatic rings. The van der Waals surface area contributed by atoms with Crippen LogP contribution in [-0.4, -0.2) is 46.6 Å². The van der Waals surface area contributed by atoms with Crippen molar-refractivity contribution in [2.24, 2.45) is 4.99 Å². The van der Waals surface area contributed by atoms with Crippen LogP contribution in [0.5, 0.6) is 0 Å². The van der Waals surface area contributed by atoms with Crippen molar-refractivity contribution in [3.8, 4) is 0 Å². The van der Waals surface area contributed by atoms with Crippen LogP contribution in [0.2, 0.25) is 0 Å². The van der Waals surface area contributed by atoms with Gasteiger partial charge in [0.05, 0.1) is 18.0 Å². The number of nitrogens with one attached hydrogen (secondary N) is 2. The van der Waals surface area contributed by atoms with Crippen LogP contribution < -0.4 is 10.0 Å². The smallest absolute Gasteiger partial charge is 0.110 e. The van der Waals surface area contributed by atoms with Crippen LogP contribution in [0.15, 0.2) is 39.6 Å². The number of aliphatic imine (C=N–C) groups is 1. The van der Waals surface area contributed by atoms with Gasteiger partial charge in [0.2, 0.25) is 0 Å². The first-order valence-electron chi connectivity index (χ1n) is 10.0. The van der Waals surface area contributed by atoms with E-state index in [0.717, 1.165) is 49.2 Å². The Morgan fingerprint density at radius 3 is 3.00 bits per heavy atom. The van der Waals surface area contributed by atoms with E-state index in [4.69, 9.17) is 4.99 Å². The number of aromatic nitrogens is 1. The second kappa shape index (κ2) is 8.80. The van der Waals surface area contributed by atoms with Crippen molar-refractivity contribution in [3.63, 3.8) is 0 Å². The molecule has 0 amide bonds. The van der Waals surface area contributed by atoms with Crippen molar-refractivity contribution in [2.75, 3.05) is 19.6 Å². The highest BCUT2D eigenvalue weighted by atomic mass is 32.2. The third kappa shape index (κ3) is 4.58. The van der Waals surface area contributed by atoms with Crippen LogP contribution in [0, 0.1) is 0 Å². The van der Waals surface area contributed by atoms with Gasteiger partial charge in [-0.1, -0.05) is 24.9 Å². The van der Waals surface area contributed by atoms with E-state index < -0.39 is 0 Å². The van der Waals surface area contributed by atoms with Crippen molar-refractivity contribution in [3.05, 3.63) is 39.6 Å². The van der Waals surface area contributed by atoms with Gasteiger partial charge in [0.15, 0.2) is 0 Å². The standard InChI is InChI=1S/C20H29N5S2/c1-3-5-17(21-4-2)16-12-23-19(11-20-22-8-9-26-20)25-13-14(10-18(16)25)24-27-15-6-7-15/h5,8-9,14-15,21,24H,3-4,6-7,10-13H2,1-2H3/b17-5-. The average molecular weight is 404 g/mol. The average Bonchev–Trinajstić information content (AvgIpc) is 3.16. The summed E-state index contributed by atoms with van der Waals surface area (Å²) >= 11 is 3.66. The van der Waals surface area contributed by atoms with E-state index in [1.54, 1.807) is 11.3 Å². The molecule has 3 heterocycles. The number of hydrogen-bond donors (Lipinski definition) is 2. The van der Waals surface area contributed by atoms with E-state index in [2.05, 4.69) is 45.2 Å². The van der Waals surface area contributed by atoms with Gasteiger partial charge in [-0.25, -0.2) is 4.98 Å². The largest absolute Gasteiger partial charge is 0.385 e. The summed E-state index contributed by atoms with van der Waals surface area (Å²) in [5, 5.41) is 7.60. The van der Waals surface area contributed by atoms with Gasteiger partial charge in [-0.15, -0.1) is 11.3 Å². The van der Waals surface area contributed by atoms with Gasteiger partial charge in [-0.2, -0.15) is 0 Å². The minimum absolute atomic E-state index is 0.490. The lowest BCUT2D eigenvalue weighted by Gasteiger charge is -2.29. The maximum atomic E-state index is 4.99. The number of allylic oxidation sites excluding steroid dienone is 1. The van der Waals surface area contributed by atoms with Crippen molar-refractivity contribution in [1.29, 1.82) is 0 Å². The molecule has 1 atom stereocenters. The summed E-state index contributed by atoms with van der Waals surface area (Å²) in [4.78, 5) is 11.9. The number of thiazole rings is 1. The Kier molecular flexibility index (Phi) is 6.20. The Hall–Kier alpha value is -1.31. The van der Waals surface area contributed by atoms with Crippen molar-refractivity contribution >= 4 is 29.1 Å². The minimum Gasteiger partial charge on any atom is -0.385 e. The van der Waals surface area contributed by atoms with Gasteiger partial charge in [0.25, 0.3) is 0 Å². The minimum atomic E-state index is 0.490. The highest BCUT2D eigenvalue weighted by Crippen LogP contribution is 2.36. The first-order chi connectivity index (χ1) is 13.3. The number of nitrogens with zero attached hydrogens (tertiary/aromatic N) is 3. The van der Waals surface area contributed by atoms with E-state index in [0.29, 0.717) is 6.04 Å². The molecular formula is C20H29N5S2. The van der Waals surface area contributed by atoms with Gasteiger partial charge < -0.3 is 10.2 Å². The first kappa shape index (κ1) is 19.0. The Morgan fingerprint density at radius 1 is 1.41 bits per heavy atom. The molecular weight excluding hydrogens is 374 g/mol. The molecule has 2 N–H and O–H groups in total. The predicted octanol–water partition coefficient (Wildman–Crippen LogP) is 3.73. The van der Waals surface area contributed by atoms with Gasteiger partial charge in [-0.3, -0.25) is 9.71 Å². The molecule has 0 aromatic carbocycles. The van der Waals surface area contributed by atoms with Gasteiger partial charge in [-0.05, 0) is 26.2 Å². The monoisotopic (exact) mass is 403 g/mol. The lowest BCUT2D eigenvalue weighted by molar-refractivity contribution is 0.528. The Bertz CT molecular complexity index is 734. The fraction of sp³-hybridized carbons (Fsp3) is 0.600. The molecule has 5 nitrogen and oxygen atoms in total. The molecule has 0 radical (unpaired) electrons. The lowest BCUT2D eigenvalue weighted by Crippen LogP contribution is -2.36. The number of amidine groups is 1. The van der Waals surface area contributed by atoms with E-state index in [-0.39, 0.29) is 0 Å². The maximum absolute atomic E-state index is 4.99. The summed E-state index contributed by atoms with van der Waals surface area (Å²) < 4.78 is 3.74. The number of hydrogen-bond acceptors (Lipinski definition) is 7. The summed E-state index contributed by atoms with van der Waals surface area (Å²) in [5.74, 6) is 1.18. The molecule has 7 heteroatoms. The lowest BCUT2D eigenvalue weighted by atomic mass is 10.0. The molecule has 1 aromatic heterocycles. The third-order valence-electron chi connectivity index (χ3n) is 5.07. The summed E-state index contributed by atoms with van der Waals surface area (Å²) in [5.41, 5.74) is 4.10. The first-order valence-corrected chi connectivity index (χ1v) is 11.8. The third-order valence-corrected chi connectivity index (χ3v) is 7.12. The highest BCUT2D eigenvalue weighted by molar-refractivity contribution is 7.98. The molecule has 1 saturated carbocycles. The van der Waals surface area contributed by atoms with E-state index in [9.17, 15) is 0 Å². The Labute approximate surface area is 170 Å². The molecule has 3 aliphatic rings. The van der Waals surface area contributed by atoms with E-state index in [1.807, 2.05) is 18.1 Å². The van der Waals surface area contributed by atoms with Gasteiger partial charge in [0, 0.05) is 59.3 Å². The molecule has 2 fully saturated rings. The molecule has 2 aliphatic heterocycles. The molecule has 1 aliphatic carbocycles. The Morgan fingerprint density at radius 2 is 2.30 bits per heavy atom. The van der Waals surface area contributed by atoms with Crippen LogP contribution in [0.1, 0.15) is 44.5 Å². The van der Waals surface area contributed by atoms with E-state index in [1.165, 1.54) is 35.6 Å². The molecule has 4 rings (SSSR count). The number of likely N-dealkylation sites (N-methyl/N-ethyl adjacent to an activating group) is 1. The summed E-state index contributed by atoms with van der Waals surface area (Å²) in [6.45, 7) is 7.09. The van der Waals surface area contributed by atoms with Gasteiger partial charge >= 0.3 is 0 Å². The fourth-order valence-corrected chi connectivity index (χ4v) is 5.18. The van der Waals surface area contributed by atoms with Crippen molar-refractivity contribution < 1.29 is 0 Å². The zero-order valence-corrected chi connectivity index (χ0v) is 17.8. The highest BCUT2D eigenvalue weighted by Gasteiger charge is 2.36. The van der Waals surface area contributed by atoms with Crippen molar-refractivity contribution in [2.45, 2.75) is 57.2 Å². The van der Waals surface area contributed by atoms with Crippen LogP contribution in [0.4, 0.5) is 0 Å². The quantitative estimate of drug-likeness (QED) is 0.615. The fourth-order valence-electron chi connectivity index (χ4n) is 3.65. The van der Waals surface area contributed by atoms with Crippen LogP contribution >= 0.6 is 23.3 Å². The summed E-state index contributed by atoms with van der Waals surface area (Å²) in [6, 6.07) is 0.490. The molecule has 1 saturated heterocycles. The summed E-state index contributed by atoms with van der Waals surface area (Å²) in [6.07, 6.45) is 9.88. The Balaban J connectivity index is 1.56. The predicted molar refractivity (Wildman–Crippen MR) is 116 cm³/mol. The SMILES string of the molecule is CC/C=C(\NCC)C1=C2CC(NSC3CC3)CN2C(Cc2nccs2)=NC1. The van der Waals surface area contributed by atoms with Gasteiger partial charge in [0.1, 0.15) is 5.84 Å². The topological polar surface area (TPSA) is 52.5 Å². The second-order valence-corrected chi connectivity index (χ2v) is 9.38. The summed E-state index contributed by atoms with van der Waals surface area (Å²) in [7, 11) is 0. The van der Waals surface area contributed by atoms with Crippen LogP contribution in [0.3, 0.4) is 0 Å². The number of fused-ring (bicyclic) bond motifs is 1.